The van der Waals surface area contributed by atoms with Crippen molar-refractivity contribution in [2.75, 3.05) is 33.2 Å². The van der Waals surface area contributed by atoms with Gasteiger partial charge in [-0.3, -0.25) is 0 Å². The van der Waals surface area contributed by atoms with E-state index in [2.05, 4.69) is 0 Å². The Kier molecular flexibility index (Phi) is 5.15. The van der Waals surface area contributed by atoms with Crippen molar-refractivity contribution in [1.82, 2.24) is 0 Å². The molecule has 0 aromatic heterocycles. The van der Waals surface area contributed by atoms with E-state index in [4.69, 9.17) is 24.7 Å². The number of ether oxygens (including phenoxy) is 4. The van der Waals surface area contributed by atoms with Gasteiger partial charge < -0.3 is 24.7 Å². The Morgan fingerprint density at radius 3 is 2.29 bits per heavy atom. The smallest absolute Gasteiger partial charge is 0.203 e. The monoisotopic (exact) mass is 289 g/mol. The molecule has 5 nitrogen and oxygen atoms in total. The van der Waals surface area contributed by atoms with Gasteiger partial charge in [0.2, 0.25) is 5.75 Å². The largest absolute Gasteiger partial charge is 0.493 e. The molecule has 0 radical (unpaired) electrons. The number of nitrogen functional groups attached to an aromatic ring is 1. The van der Waals surface area contributed by atoms with E-state index in [0.717, 1.165) is 5.75 Å². The number of methoxy groups -OCH3 is 2. The van der Waals surface area contributed by atoms with Gasteiger partial charge in [0.1, 0.15) is 19.0 Å². The number of rotatable bonds is 7. The predicted octanol–water partition coefficient (Wildman–Crippen LogP) is 2.74. The summed E-state index contributed by atoms with van der Waals surface area (Å²) in [6.07, 6.45) is 0. The quantitative estimate of drug-likeness (QED) is 0.627. The van der Waals surface area contributed by atoms with Gasteiger partial charge in [0.25, 0.3) is 0 Å². The molecule has 0 heterocycles. The molecule has 0 aliphatic rings. The number of para-hydroxylation sites is 1. The van der Waals surface area contributed by atoms with Gasteiger partial charge in [-0.15, -0.1) is 0 Å². The van der Waals surface area contributed by atoms with Crippen molar-refractivity contribution in [2.24, 2.45) is 0 Å². The third-order valence-corrected chi connectivity index (χ3v) is 2.83. The molecular weight excluding hydrogens is 270 g/mol. The molecule has 21 heavy (non-hydrogen) atoms. The van der Waals surface area contributed by atoms with Crippen LogP contribution in [-0.2, 0) is 0 Å². The Morgan fingerprint density at radius 1 is 0.857 bits per heavy atom. The maximum absolute atomic E-state index is 5.68. The maximum atomic E-state index is 5.68. The van der Waals surface area contributed by atoms with Crippen LogP contribution in [0.2, 0.25) is 0 Å². The number of anilines is 1. The Hall–Kier alpha value is -2.56. The van der Waals surface area contributed by atoms with Crippen molar-refractivity contribution in [3.63, 3.8) is 0 Å². The van der Waals surface area contributed by atoms with Gasteiger partial charge in [-0.1, -0.05) is 12.1 Å². The molecule has 0 bridgehead atoms. The van der Waals surface area contributed by atoms with E-state index in [0.29, 0.717) is 36.1 Å². The molecule has 112 valence electrons. The van der Waals surface area contributed by atoms with Crippen LogP contribution >= 0.6 is 0 Å². The molecule has 0 saturated carbocycles. The lowest BCUT2D eigenvalue weighted by atomic mass is 10.3. The molecule has 2 N–H and O–H groups in total. The van der Waals surface area contributed by atoms with Crippen molar-refractivity contribution in [3.05, 3.63) is 42.5 Å². The lowest BCUT2D eigenvalue weighted by Gasteiger charge is -2.13. The van der Waals surface area contributed by atoms with Crippen LogP contribution in [0.15, 0.2) is 42.5 Å². The van der Waals surface area contributed by atoms with Crippen LogP contribution in [0.3, 0.4) is 0 Å². The summed E-state index contributed by atoms with van der Waals surface area (Å²) in [5.41, 5.74) is 6.35. The number of benzene rings is 2. The van der Waals surface area contributed by atoms with Crippen LogP contribution in [0.5, 0.6) is 23.0 Å². The standard InChI is InChI=1S/C16H19NO4/c1-18-14-7-4-8-15(16(14)19-2)21-10-9-20-13-6-3-5-12(17)11-13/h3-8,11H,9-10,17H2,1-2H3. The lowest BCUT2D eigenvalue weighted by Crippen LogP contribution is -2.09. The van der Waals surface area contributed by atoms with Crippen molar-refractivity contribution < 1.29 is 18.9 Å². The zero-order valence-electron chi connectivity index (χ0n) is 12.2. The van der Waals surface area contributed by atoms with Crippen LogP contribution in [0.4, 0.5) is 5.69 Å². The summed E-state index contributed by atoms with van der Waals surface area (Å²) < 4.78 is 21.7. The molecule has 0 unspecified atom stereocenters. The first-order valence-electron chi connectivity index (χ1n) is 6.56. The van der Waals surface area contributed by atoms with E-state index in [-0.39, 0.29) is 0 Å². The molecule has 0 saturated heterocycles. The fourth-order valence-corrected chi connectivity index (χ4v) is 1.89. The molecule has 0 fully saturated rings. The van der Waals surface area contributed by atoms with Gasteiger partial charge in [0, 0.05) is 11.8 Å². The first kappa shape index (κ1) is 14.8. The molecule has 0 amide bonds. The highest BCUT2D eigenvalue weighted by atomic mass is 16.5. The highest BCUT2D eigenvalue weighted by Gasteiger charge is 2.10. The summed E-state index contributed by atoms with van der Waals surface area (Å²) in [5.74, 6) is 2.54. The molecule has 2 rings (SSSR count). The van der Waals surface area contributed by atoms with E-state index in [1.165, 1.54) is 0 Å². The highest BCUT2D eigenvalue weighted by molar-refractivity contribution is 5.51. The summed E-state index contributed by atoms with van der Waals surface area (Å²) >= 11 is 0. The topological polar surface area (TPSA) is 62.9 Å². The van der Waals surface area contributed by atoms with Crippen molar-refractivity contribution in [3.8, 4) is 23.0 Å². The summed E-state index contributed by atoms with van der Waals surface area (Å²) in [6, 6.07) is 12.8. The average molecular weight is 289 g/mol. The second kappa shape index (κ2) is 7.28. The fourth-order valence-electron chi connectivity index (χ4n) is 1.89. The Bertz CT molecular complexity index is 586. The highest BCUT2D eigenvalue weighted by Crippen LogP contribution is 2.36. The van der Waals surface area contributed by atoms with Crippen molar-refractivity contribution in [2.45, 2.75) is 0 Å². The summed E-state index contributed by atoms with van der Waals surface area (Å²) in [6.45, 7) is 0.794. The summed E-state index contributed by atoms with van der Waals surface area (Å²) in [7, 11) is 3.17. The predicted molar refractivity (Wildman–Crippen MR) is 81.4 cm³/mol. The number of hydrogen-bond acceptors (Lipinski definition) is 5. The van der Waals surface area contributed by atoms with E-state index in [1.54, 1.807) is 20.3 Å². The van der Waals surface area contributed by atoms with E-state index >= 15 is 0 Å². The van der Waals surface area contributed by atoms with E-state index < -0.39 is 0 Å². The van der Waals surface area contributed by atoms with Gasteiger partial charge in [0.05, 0.1) is 14.2 Å². The molecular formula is C16H19NO4. The van der Waals surface area contributed by atoms with Crippen LogP contribution in [0, 0.1) is 0 Å². The Labute approximate surface area is 124 Å². The van der Waals surface area contributed by atoms with E-state index in [9.17, 15) is 0 Å². The SMILES string of the molecule is COc1cccc(OCCOc2cccc(N)c2)c1OC. The Morgan fingerprint density at radius 2 is 1.57 bits per heavy atom. The third kappa shape index (κ3) is 3.95. The van der Waals surface area contributed by atoms with Crippen LogP contribution < -0.4 is 24.7 Å². The molecule has 2 aromatic rings. The molecule has 0 spiro atoms. The minimum Gasteiger partial charge on any atom is -0.493 e. The number of hydrogen-bond donors (Lipinski definition) is 1. The normalized spacial score (nSPS) is 10.0. The van der Waals surface area contributed by atoms with Crippen molar-refractivity contribution >= 4 is 5.69 Å². The number of nitrogens with two attached hydrogens (primary N) is 1. The van der Waals surface area contributed by atoms with Gasteiger partial charge >= 0.3 is 0 Å². The van der Waals surface area contributed by atoms with E-state index in [1.807, 2.05) is 36.4 Å². The zero-order valence-corrected chi connectivity index (χ0v) is 12.2. The van der Waals surface area contributed by atoms with Crippen molar-refractivity contribution in [1.29, 1.82) is 0 Å². The minimum absolute atomic E-state index is 0.387. The Balaban J connectivity index is 1.89. The minimum atomic E-state index is 0.387. The van der Waals surface area contributed by atoms with Gasteiger partial charge in [0.15, 0.2) is 11.5 Å². The van der Waals surface area contributed by atoms with Crippen LogP contribution in [0.1, 0.15) is 0 Å². The van der Waals surface area contributed by atoms with Crippen LogP contribution in [0.25, 0.3) is 0 Å². The average Bonchev–Trinajstić information content (AvgIpc) is 2.51. The van der Waals surface area contributed by atoms with Crippen LogP contribution in [-0.4, -0.2) is 27.4 Å². The van der Waals surface area contributed by atoms with Gasteiger partial charge in [-0.25, -0.2) is 0 Å². The zero-order chi connectivity index (χ0) is 15.1. The molecule has 0 aliphatic carbocycles. The fraction of sp³-hybridized carbons (Fsp3) is 0.250. The molecule has 2 aromatic carbocycles. The molecule has 5 heteroatoms. The summed E-state index contributed by atoms with van der Waals surface area (Å²) in [4.78, 5) is 0. The first-order valence-corrected chi connectivity index (χ1v) is 6.56. The molecule has 0 atom stereocenters. The van der Waals surface area contributed by atoms with Gasteiger partial charge in [-0.05, 0) is 24.3 Å². The first-order chi connectivity index (χ1) is 10.2. The second-order valence-corrected chi connectivity index (χ2v) is 4.26. The second-order valence-electron chi connectivity index (χ2n) is 4.26. The van der Waals surface area contributed by atoms with Gasteiger partial charge in [-0.2, -0.15) is 0 Å². The lowest BCUT2D eigenvalue weighted by molar-refractivity contribution is 0.209. The summed E-state index contributed by atoms with van der Waals surface area (Å²) in [5, 5.41) is 0. The maximum Gasteiger partial charge on any atom is 0.203 e. The third-order valence-electron chi connectivity index (χ3n) is 2.83. The molecule has 0 aliphatic heterocycles.